The van der Waals surface area contributed by atoms with Gasteiger partial charge in [-0.15, -0.1) is 0 Å². The van der Waals surface area contributed by atoms with Gasteiger partial charge in [-0.05, 0) is 38.5 Å². The SMILES string of the molecule is CCOc1ccc(C(C)NS(=O)(=O)c2cnc(C)[nH]2)cc1. The van der Waals surface area contributed by atoms with Crippen LogP contribution in [0.3, 0.4) is 0 Å². The molecule has 21 heavy (non-hydrogen) atoms. The molecular formula is C14H19N3O3S. The van der Waals surface area contributed by atoms with Crippen LogP contribution in [0, 0.1) is 6.92 Å². The van der Waals surface area contributed by atoms with Crippen LogP contribution in [-0.4, -0.2) is 25.0 Å². The number of rotatable bonds is 6. The van der Waals surface area contributed by atoms with Gasteiger partial charge in [0, 0.05) is 6.04 Å². The van der Waals surface area contributed by atoms with Crippen LogP contribution in [0.25, 0.3) is 0 Å². The van der Waals surface area contributed by atoms with Crippen molar-refractivity contribution in [1.82, 2.24) is 14.7 Å². The maximum Gasteiger partial charge on any atom is 0.258 e. The van der Waals surface area contributed by atoms with Gasteiger partial charge in [-0.3, -0.25) is 0 Å². The fourth-order valence-electron chi connectivity index (χ4n) is 1.92. The Morgan fingerprint density at radius 1 is 1.33 bits per heavy atom. The summed E-state index contributed by atoms with van der Waals surface area (Å²) in [4.78, 5) is 6.62. The minimum absolute atomic E-state index is 0.0674. The molecule has 0 amide bonds. The standard InChI is InChI=1S/C14H19N3O3S/c1-4-20-13-7-5-12(6-8-13)10(2)17-21(18,19)14-9-15-11(3)16-14/h5-10,17H,4H2,1-3H3,(H,15,16). The Bertz CT molecular complexity index is 693. The second-order valence-electron chi connectivity index (χ2n) is 4.68. The number of ether oxygens (including phenoxy) is 1. The molecule has 0 aliphatic heterocycles. The molecule has 0 bridgehead atoms. The largest absolute Gasteiger partial charge is 0.494 e. The van der Waals surface area contributed by atoms with E-state index in [0.29, 0.717) is 12.4 Å². The summed E-state index contributed by atoms with van der Waals surface area (Å²) in [6, 6.07) is 6.98. The topological polar surface area (TPSA) is 84.1 Å². The summed E-state index contributed by atoms with van der Waals surface area (Å²) in [5, 5.41) is 0.0674. The molecule has 2 rings (SSSR count). The molecule has 0 saturated heterocycles. The van der Waals surface area contributed by atoms with Crippen LogP contribution < -0.4 is 9.46 Å². The number of aromatic amines is 1. The summed E-state index contributed by atoms with van der Waals surface area (Å²) in [7, 11) is -3.61. The van der Waals surface area contributed by atoms with E-state index in [1.165, 1.54) is 6.20 Å². The van der Waals surface area contributed by atoms with Gasteiger partial charge >= 0.3 is 0 Å². The van der Waals surface area contributed by atoms with E-state index in [9.17, 15) is 8.42 Å². The Balaban J connectivity index is 2.11. The molecular weight excluding hydrogens is 290 g/mol. The van der Waals surface area contributed by atoms with Gasteiger partial charge in [0.05, 0.1) is 12.8 Å². The second kappa shape index (κ2) is 6.28. The number of benzene rings is 1. The molecule has 0 radical (unpaired) electrons. The normalized spacial score (nSPS) is 13.1. The summed E-state index contributed by atoms with van der Waals surface area (Å²) in [5.41, 5.74) is 0.860. The molecule has 1 atom stereocenters. The van der Waals surface area contributed by atoms with Crippen LogP contribution in [0.2, 0.25) is 0 Å². The first-order valence-corrected chi connectivity index (χ1v) is 8.17. The molecule has 0 aliphatic carbocycles. The van der Waals surface area contributed by atoms with Gasteiger partial charge < -0.3 is 9.72 Å². The van der Waals surface area contributed by atoms with Gasteiger partial charge in [-0.2, -0.15) is 0 Å². The van der Waals surface area contributed by atoms with E-state index in [-0.39, 0.29) is 11.1 Å². The first-order chi connectivity index (χ1) is 9.92. The summed E-state index contributed by atoms with van der Waals surface area (Å²) >= 11 is 0. The third-order valence-electron chi connectivity index (χ3n) is 2.99. The maximum absolute atomic E-state index is 12.2. The lowest BCUT2D eigenvalue weighted by Gasteiger charge is -2.14. The Kier molecular flexibility index (Phi) is 4.64. The highest BCUT2D eigenvalue weighted by Gasteiger charge is 2.20. The lowest BCUT2D eigenvalue weighted by Crippen LogP contribution is -2.27. The van der Waals surface area contributed by atoms with Crippen molar-refractivity contribution in [3.8, 4) is 5.75 Å². The molecule has 2 N–H and O–H groups in total. The van der Waals surface area contributed by atoms with E-state index < -0.39 is 10.0 Å². The number of imidazole rings is 1. The van der Waals surface area contributed by atoms with Crippen LogP contribution in [0.5, 0.6) is 5.75 Å². The second-order valence-corrected chi connectivity index (χ2v) is 6.36. The molecule has 7 heteroatoms. The van der Waals surface area contributed by atoms with E-state index in [1.54, 1.807) is 13.8 Å². The number of sulfonamides is 1. The van der Waals surface area contributed by atoms with Crippen molar-refractivity contribution < 1.29 is 13.2 Å². The smallest absolute Gasteiger partial charge is 0.258 e. The minimum atomic E-state index is -3.61. The van der Waals surface area contributed by atoms with Gasteiger partial charge in [0.25, 0.3) is 10.0 Å². The number of hydrogen-bond acceptors (Lipinski definition) is 4. The van der Waals surface area contributed by atoms with Crippen molar-refractivity contribution in [1.29, 1.82) is 0 Å². The van der Waals surface area contributed by atoms with E-state index in [0.717, 1.165) is 11.3 Å². The molecule has 0 spiro atoms. The number of aryl methyl sites for hydroxylation is 1. The molecule has 1 unspecified atom stereocenters. The molecule has 0 aliphatic rings. The monoisotopic (exact) mass is 309 g/mol. The third-order valence-corrected chi connectivity index (χ3v) is 4.44. The summed E-state index contributed by atoms with van der Waals surface area (Å²) in [5.74, 6) is 1.32. The number of nitrogens with one attached hydrogen (secondary N) is 2. The van der Waals surface area contributed by atoms with Crippen molar-refractivity contribution >= 4 is 10.0 Å². The Hall–Kier alpha value is -1.86. The van der Waals surface area contributed by atoms with Crippen molar-refractivity contribution in [2.75, 3.05) is 6.61 Å². The Morgan fingerprint density at radius 2 is 2.00 bits per heavy atom. The zero-order chi connectivity index (χ0) is 15.5. The quantitative estimate of drug-likeness (QED) is 0.856. The molecule has 114 valence electrons. The zero-order valence-electron chi connectivity index (χ0n) is 12.3. The average molecular weight is 309 g/mol. The van der Waals surface area contributed by atoms with Crippen LogP contribution in [-0.2, 0) is 10.0 Å². The Morgan fingerprint density at radius 3 is 2.52 bits per heavy atom. The van der Waals surface area contributed by atoms with Crippen molar-refractivity contribution in [2.24, 2.45) is 0 Å². The summed E-state index contributed by atoms with van der Waals surface area (Å²) in [6.45, 7) is 6.00. The van der Waals surface area contributed by atoms with E-state index in [1.807, 2.05) is 31.2 Å². The molecule has 2 aromatic rings. The molecule has 1 heterocycles. The van der Waals surface area contributed by atoms with Crippen molar-refractivity contribution in [2.45, 2.75) is 31.8 Å². The predicted molar refractivity (Wildman–Crippen MR) is 79.7 cm³/mol. The van der Waals surface area contributed by atoms with E-state index in [4.69, 9.17) is 4.74 Å². The highest BCUT2D eigenvalue weighted by molar-refractivity contribution is 7.89. The predicted octanol–water partition coefficient (Wildman–Crippen LogP) is 2.16. The van der Waals surface area contributed by atoms with Crippen LogP contribution in [0.4, 0.5) is 0 Å². The lowest BCUT2D eigenvalue weighted by atomic mass is 10.1. The molecule has 1 aromatic heterocycles. The molecule has 0 fully saturated rings. The fraction of sp³-hybridized carbons (Fsp3) is 0.357. The van der Waals surface area contributed by atoms with E-state index >= 15 is 0 Å². The minimum Gasteiger partial charge on any atom is -0.494 e. The van der Waals surface area contributed by atoms with Crippen LogP contribution in [0.15, 0.2) is 35.5 Å². The van der Waals surface area contributed by atoms with Crippen LogP contribution in [0.1, 0.15) is 31.3 Å². The third kappa shape index (κ3) is 3.83. The van der Waals surface area contributed by atoms with Crippen molar-refractivity contribution in [3.63, 3.8) is 0 Å². The first kappa shape index (κ1) is 15.5. The fourth-order valence-corrected chi connectivity index (χ4v) is 3.12. The highest BCUT2D eigenvalue weighted by atomic mass is 32.2. The summed E-state index contributed by atoms with van der Waals surface area (Å²) < 4.78 is 32.4. The highest BCUT2D eigenvalue weighted by Crippen LogP contribution is 2.19. The van der Waals surface area contributed by atoms with E-state index in [2.05, 4.69) is 14.7 Å². The average Bonchev–Trinajstić information content (AvgIpc) is 2.87. The van der Waals surface area contributed by atoms with Gasteiger partial charge in [0.1, 0.15) is 11.6 Å². The van der Waals surface area contributed by atoms with Gasteiger partial charge in [0.15, 0.2) is 5.03 Å². The molecule has 1 aromatic carbocycles. The van der Waals surface area contributed by atoms with Gasteiger partial charge in [-0.25, -0.2) is 18.1 Å². The number of nitrogens with zero attached hydrogens (tertiary/aromatic N) is 1. The lowest BCUT2D eigenvalue weighted by molar-refractivity contribution is 0.340. The zero-order valence-corrected chi connectivity index (χ0v) is 13.1. The number of H-pyrrole nitrogens is 1. The summed E-state index contributed by atoms with van der Waals surface area (Å²) in [6.07, 6.45) is 1.31. The van der Waals surface area contributed by atoms with Gasteiger partial charge in [-0.1, -0.05) is 12.1 Å². The molecule has 0 saturated carbocycles. The van der Waals surface area contributed by atoms with Gasteiger partial charge in [0.2, 0.25) is 0 Å². The number of hydrogen-bond donors (Lipinski definition) is 2. The van der Waals surface area contributed by atoms with Crippen LogP contribution >= 0.6 is 0 Å². The Labute approximate surface area is 124 Å². The number of aromatic nitrogens is 2. The molecule has 6 nitrogen and oxygen atoms in total. The van der Waals surface area contributed by atoms with Crippen molar-refractivity contribution in [3.05, 3.63) is 41.9 Å². The first-order valence-electron chi connectivity index (χ1n) is 6.69. The maximum atomic E-state index is 12.2.